The number of hydrogen-bond acceptors (Lipinski definition) is 2. The Balaban J connectivity index is 1.71. The highest BCUT2D eigenvalue weighted by Gasteiger charge is 2.20. The first-order valence-electron chi connectivity index (χ1n) is 7.40. The lowest BCUT2D eigenvalue weighted by Crippen LogP contribution is -2.31. The second-order valence-corrected chi connectivity index (χ2v) is 5.71. The van der Waals surface area contributed by atoms with Gasteiger partial charge in [0, 0.05) is 24.2 Å². The zero-order valence-electron chi connectivity index (χ0n) is 11.6. The van der Waals surface area contributed by atoms with Crippen molar-refractivity contribution >= 4 is 10.9 Å². The summed E-state index contributed by atoms with van der Waals surface area (Å²) in [4.78, 5) is 4.52. The van der Waals surface area contributed by atoms with E-state index in [9.17, 15) is 0 Å². The third-order valence-electron chi connectivity index (χ3n) is 4.44. The fraction of sp³-hybridized carbons (Fsp3) is 0.471. The van der Waals surface area contributed by atoms with Crippen molar-refractivity contribution in [2.45, 2.75) is 45.2 Å². The van der Waals surface area contributed by atoms with Crippen LogP contribution < -0.4 is 5.32 Å². The van der Waals surface area contributed by atoms with Crippen LogP contribution in [0.15, 0.2) is 36.5 Å². The molecule has 1 N–H and O–H groups in total. The predicted molar refractivity (Wildman–Crippen MR) is 80.0 cm³/mol. The molecular weight excluding hydrogens is 232 g/mol. The summed E-state index contributed by atoms with van der Waals surface area (Å²) in [6.07, 6.45) is 7.48. The maximum Gasteiger partial charge on any atom is 0.0746 e. The summed E-state index contributed by atoms with van der Waals surface area (Å²) < 4.78 is 0. The number of nitrogens with zero attached hydrogens (tertiary/aromatic N) is 1. The van der Waals surface area contributed by atoms with Crippen molar-refractivity contribution in [1.29, 1.82) is 0 Å². The van der Waals surface area contributed by atoms with Gasteiger partial charge < -0.3 is 5.32 Å². The van der Waals surface area contributed by atoms with Crippen LogP contribution in [0, 0.1) is 5.92 Å². The van der Waals surface area contributed by atoms with Gasteiger partial charge in [0.2, 0.25) is 0 Å². The Morgan fingerprint density at radius 1 is 1.21 bits per heavy atom. The van der Waals surface area contributed by atoms with E-state index in [1.807, 2.05) is 12.3 Å². The predicted octanol–water partition coefficient (Wildman–Crippen LogP) is 3.90. The summed E-state index contributed by atoms with van der Waals surface area (Å²) in [5.74, 6) is 0.864. The molecule has 2 aromatic rings. The lowest BCUT2D eigenvalue weighted by atomic mass is 9.99. The number of fused-ring (bicyclic) bond motifs is 1. The molecule has 0 radical (unpaired) electrons. The van der Waals surface area contributed by atoms with Crippen molar-refractivity contribution < 1.29 is 0 Å². The van der Waals surface area contributed by atoms with Gasteiger partial charge in [-0.05, 0) is 37.3 Å². The second-order valence-electron chi connectivity index (χ2n) is 5.71. The normalized spacial score (nSPS) is 17.9. The average Bonchev–Trinajstić information content (AvgIpc) is 2.99. The molecule has 1 aromatic heterocycles. The van der Waals surface area contributed by atoms with Gasteiger partial charge in [-0.2, -0.15) is 0 Å². The molecule has 1 aliphatic rings. The summed E-state index contributed by atoms with van der Waals surface area (Å²) in [6, 6.07) is 11.2. The largest absolute Gasteiger partial charge is 0.310 e. The quantitative estimate of drug-likeness (QED) is 0.895. The molecule has 1 atom stereocenters. The molecule has 0 unspecified atom stereocenters. The summed E-state index contributed by atoms with van der Waals surface area (Å²) in [5, 5.41) is 4.92. The molecule has 0 spiro atoms. The Labute approximate surface area is 115 Å². The van der Waals surface area contributed by atoms with Gasteiger partial charge in [-0.15, -0.1) is 0 Å². The molecule has 2 nitrogen and oxygen atoms in total. The Morgan fingerprint density at radius 3 is 2.84 bits per heavy atom. The first-order chi connectivity index (χ1) is 9.34. The Kier molecular flexibility index (Phi) is 3.79. The molecular formula is C17H22N2. The van der Waals surface area contributed by atoms with E-state index in [0.29, 0.717) is 6.04 Å². The van der Waals surface area contributed by atoms with Crippen molar-refractivity contribution in [2.24, 2.45) is 5.92 Å². The second kappa shape index (κ2) is 5.70. The Bertz CT molecular complexity index is 538. The summed E-state index contributed by atoms with van der Waals surface area (Å²) in [5.41, 5.74) is 2.44. The van der Waals surface area contributed by atoms with Gasteiger partial charge in [-0.3, -0.25) is 4.98 Å². The van der Waals surface area contributed by atoms with Crippen LogP contribution in [0.4, 0.5) is 0 Å². The van der Waals surface area contributed by atoms with Gasteiger partial charge in [0.1, 0.15) is 0 Å². The molecule has 1 saturated carbocycles. The van der Waals surface area contributed by atoms with Gasteiger partial charge >= 0.3 is 0 Å². The molecule has 0 amide bonds. The third kappa shape index (κ3) is 2.79. The number of nitrogens with one attached hydrogen (secondary N) is 1. The molecule has 0 saturated heterocycles. The van der Waals surface area contributed by atoms with E-state index in [4.69, 9.17) is 0 Å². The number of pyridine rings is 1. The molecule has 0 aliphatic heterocycles. The van der Waals surface area contributed by atoms with Crippen LogP contribution in [0.5, 0.6) is 0 Å². The molecule has 3 rings (SSSR count). The lowest BCUT2D eigenvalue weighted by Gasteiger charge is -2.20. The lowest BCUT2D eigenvalue weighted by molar-refractivity contribution is 0.381. The topological polar surface area (TPSA) is 24.9 Å². The fourth-order valence-corrected chi connectivity index (χ4v) is 3.21. The maximum atomic E-state index is 4.52. The number of rotatable bonds is 4. The molecule has 100 valence electrons. The van der Waals surface area contributed by atoms with Crippen molar-refractivity contribution in [3.05, 3.63) is 42.1 Å². The van der Waals surface area contributed by atoms with Crippen LogP contribution in [0.1, 0.15) is 38.2 Å². The third-order valence-corrected chi connectivity index (χ3v) is 4.44. The van der Waals surface area contributed by atoms with E-state index >= 15 is 0 Å². The SMILES string of the molecule is C[C@H](NCc1cccc2cccnc12)C1CCCC1. The van der Waals surface area contributed by atoms with E-state index < -0.39 is 0 Å². The Hall–Kier alpha value is -1.41. The van der Waals surface area contributed by atoms with Crippen molar-refractivity contribution in [3.63, 3.8) is 0 Å². The fourth-order valence-electron chi connectivity index (χ4n) is 3.21. The highest BCUT2D eigenvalue weighted by molar-refractivity contribution is 5.81. The van der Waals surface area contributed by atoms with Crippen LogP contribution in [0.2, 0.25) is 0 Å². The van der Waals surface area contributed by atoms with Gasteiger partial charge in [0.05, 0.1) is 5.52 Å². The van der Waals surface area contributed by atoms with Crippen molar-refractivity contribution in [1.82, 2.24) is 10.3 Å². The maximum absolute atomic E-state index is 4.52. The zero-order valence-corrected chi connectivity index (χ0v) is 11.6. The summed E-state index contributed by atoms with van der Waals surface area (Å²) in [7, 11) is 0. The van der Waals surface area contributed by atoms with Gasteiger partial charge in [0.25, 0.3) is 0 Å². The molecule has 19 heavy (non-hydrogen) atoms. The first kappa shape index (κ1) is 12.6. The van der Waals surface area contributed by atoms with Gasteiger partial charge in [-0.1, -0.05) is 37.1 Å². The van der Waals surface area contributed by atoms with Gasteiger partial charge in [0.15, 0.2) is 0 Å². The van der Waals surface area contributed by atoms with Crippen LogP contribution in [0.25, 0.3) is 10.9 Å². The molecule has 0 bridgehead atoms. The number of benzene rings is 1. The molecule has 1 heterocycles. The van der Waals surface area contributed by atoms with Crippen molar-refractivity contribution in [3.8, 4) is 0 Å². The van der Waals surface area contributed by atoms with Crippen molar-refractivity contribution in [2.75, 3.05) is 0 Å². The minimum absolute atomic E-state index is 0.612. The number of para-hydroxylation sites is 1. The monoisotopic (exact) mass is 254 g/mol. The smallest absolute Gasteiger partial charge is 0.0746 e. The zero-order chi connectivity index (χ0) is 13.1. The van der Waals surface area contributed by atoms with E-state index in [-0.39, 0.29) is 0 Å². The standard InChI is InChI=1S/C17H22N2/c1-13(14-6-2-3-7-14)19-12-16-9-4-8-15-10-5-11-18-17(15)16/h4-5,8-11,13-14,19H,2-3,6-7,12H2,1H3/t13-/m0/s1. The number of aromatic nitrogens is 1. The average molecular weight is 254 g/mol. The molecule has 2 heteroatoms. The first-order valence-corrected chi connectivity index (χ1v) is 7.40. The van der Waals surface area contributed by atoms with Crippen LogP contribution in [-0.2, 0) is 6.54 Å². The minimum Gasteiger partial charge on any atom is -0.310 e. The summed E-state index contributed by atoms with van der Waals surface area (Å²) >= 11 is 0. The van der Waals surface area contributed by atoms with Gasteiger partial charge in [-0.25, -0.2) is 0 Å². The minimum atomic E-state index is 0.612. The number of hydrogen-bond donors (Lipinski definition) is 1. The molecule has 1 aromatic carbocycles. The highest BCUT2D eigenvalue weighted by Crippen LogP contribution is 2.27. The van der Waals surface area contributed by atoms with Crippen LogP contribution in [-0.4, -0.2) is 11.0 Å². The Morgan fingerprint density at radius 2 is 2.00 bits per heavy atom. The van der Waals surface area contributed by atoms with E-state index in [1.165, 1.54) is 36.6 Å². The van der Waals surface area contributed by atoms with E-state index in [1.54, 1.807) is 0 Å². The highest BCUT2D eigenvalue weighted by atomic mass is 14.9. The summed E-state index contributed by atoms with van der Waals surface area (Å²) in [6.45, 7) is 3.25. The van der Waals surface area contributed by atoms with Crippen LogP contribution >= 0.6 is 0 Å². The molecule has 1 aliphatic carbocycles. The van der Waals surface area contributed by atoms with Crippen LogP contribution in [0.3, 0.4) is 0 Å². The van der Waals surface area contributed by atoms with E-state index in [2.05, 4.69) is 41.5 Å². The molecule has 1 fully saturated rings. The van der Waals surface area contributed by atoms with E-state index in [0.717, 1.165) is 18.0 Å².